The summed E-state index contributed by atoms with van der Waals surface area (Å²) in [5, 5.41) is 5.00. The first kappa shape index (κ1) is 23.7. The van der Waals surface area contributed by atoms with Crippen molar-refractivity contribution in [2.45, 2.75) is 63.8 Å². The van der Waals surface area contributed by atoms with Crippen LogP contribution in [-0.4, -0.2) is 67.2 Å². The zero-order valence-corrected chi connectivity index (χ0v) is 20.5. The predicted molar refractivity (Wildman–Crippen MR) is 122 cm³/mol. The second-order valence-corrected chi connectivity index (χ2v) is 11.5. The number of imide groups is 1. The van der Waals surface area contributed by atoms with Crippen LogP contribution in [0.5, 0.6) is 0 Å². The molecule has 2 heterocycles. The Morgan fingerprint density at radius 3 is 2.00 bits per heavy atom. The molecule has 0 unspecified atom stereocenters. The van der Waals surface area contributed by atoms with Crippen LogP contribution in [0.15, 0.2) is 11.0 Å². The van der Waals surface area contributed by atoms with E-state index in [1.807, 2.05) is 33.8 Å². The topological polar surface area (TPSA) is 116 Å². The highest BCUT2D eigenvalue weighted by Gasteiger charge is 2.49. The molecule has 1 aromatic carbocycles. The molecule has 3 fully saturated rings. The van der Waals surface area contributed by atoms with Crippen LogP contribution in [0.3, 0.4) is 0 Å². The fourth-order valence-electron chi connectivity index (χ4n) is 5.34. The second-order valence-electron chi connectivity index (χ2n) is 9.58. The Labute approximate surface area is 194 Å². The first-order valence-electron chi connectivity index (χ1n) is 11.5. The van der Waals surface area contributed by atoms with Gasteiger partial charge in [-0.15, -0.1) is 0 Å². The number of nitrogens with one attached hydrogen (secondary N) is 2. The molecule has 2 N–H and O–H groups in total. The number of piperazine rings is 1. The van der Waals surface area contributed by atoms with Gasteiger partial charge in [-0.25, -0.2) is 13.2 Å². The van der Waals surface area contributed by atoms with Gasteiger partial charge in [0.25, 0.3) is 5.91 Å². The Kier molecular flexibility index (Phi) is 6.03. The smallest absolute Gasteiger partial charge is 0.322 e. The van der Waals surface area contributed by atoms with Gasteiger partial charge >= 0.3 is 6.03 Å². The minimum atomic E-state index is -3.66. The minimum absolute atomic E-state index is 0.00499. The summed E-state index contributed by atoms with van der Waals surface area (Å²) in [4.78, 5) is 38.9. The van der Waals surface area contributed by atoms with Crippen molar-refractivity contribution < 1.29 is 22.8 Å². The molecular formula is C23H32N4O5S. The number of hydrogen-bond acceptors (Lipinski definition) is 5. The Balaban J connectivity index is 1.40. The van der Waals surface area contributed by atoms with Gasteiger partial charge in [0.05, 0.1) is 4.90 Å². The lowest BCUT2D eigenvalue weighted by molar-refractivity contribution is -0.139. The maximum absolute atomic E-state index is 13.5. The van der Waals surface area contributed by atoms with Crippen molar-refractivity contribution in [2.75, 3.05) is 26.2 Å². The molecule has 1 spiro atoms. The number of carbonyl (C=O) groups is 3. The normalized spacial score (nSPS) is 26.4. The lowest BCUT2D eigenvalue weighted by Crippen LogP contribution is -2.54. The van der Waals surface area contributed by atoms with Gasteiger partial charge in [-0.2, -0.15) is 4.31 Å². The number of benzene rings is 1. The highest BCUT2D eigenvalue weighted by molar-refractivity contribution is 7.89. The van der Waals surface area contributed by atoms with Crippen molar-refractivity contribution in [1.82, 2.24) is 19.8 Å². The fourth-order valence-corrected chi connectivity index (χ4v) is 7.34. The third kappa shape index (κ3) is 4.03. The van der Waals surface area contributed by atoms with Gasteiger partial charge < -0.3 is 10.2 Å². The molecule has 2 aliphatic heterocycles. The third-order valence-corrected chi connectivity index (χ3v) is 9.82. The molecule has 9 nitrogen and oxygen atoms in total. The quantitative estimate of drug-likeness (QED) is 0.642. The number of hydrogen-bond donors (Lipinski definition) is 2. The summed E-state index contributed by atoms with van der Waals surface area (Å²) in [7, 11) is -3.66. The molecule has 4 amide bonds. The molecule has 4 rings (SSSR count). The van der Waals surface area contributed by atoms with Gasteiger partial charge in [0.2, 0.25) is 15.9 Å². The standard InChI is InChI=1S/C23H32N4O5S/c1-14-13-15(2)17(4)19(16(14)3)33(31,32)27-11-9-26(10-12-27)20(28)18-5-7-23(8-6-18)21(29)24-22(30)25-23/h13,18H,5-12H2,1-4H3,(H2,24,25,29,30). The van der Waals surface area contributed by atoms with E-state index < -0.39 is 21.6 Å². The van der Waals surface area contributed by atoms with E-state index in [9.17, 15) is 22.8 Å². The first-order valence-corrected chi connectivity index (χ1v) is 12.9. The molecule has 33 heavy (non-hydrogen) atoms. The number of nitrogens with zero attached hydrogens (tertiary/aromatic N) is 2. The van der Waals surface area contributed by atoms with Crippen molar-refractivity contribution >= 4 is 27.9 Å². The fraction of sp³-hybridized carbons (Fsp3) is 0.609. The molecule has 1 saturated carbocycles. The molecular weight excluding hydrogens is 444 g/mol. The number of rotatable bonds is 3. The molecule has 0 radical (unpaired) electrons. The van der Waals surface area contributed by atoms with Crippen molar-refractivity contribution in [1.29, 1.82) is 0 Å². The summed E-state index contributed by atoms with van der Waals surface area (Å²) in [6, 6.07) is 1.53. The van der Waals surface area contributed by atoms with Crippen LogP contribution < -0.4 is 10.6 Å². The Morgan fingerprint density at radius 2 is 1.52 bits per heavy atom. The molecule has 1 aromatic rings. The van der Waals surface area contributed by atoms with Crippen molar-refractivity contribution in [3.8, 4) is 0 Å². The van der Waals surface area contributed by atoms with Gasteiger partial charge in [-0.3, -0.25) is 14.9 Å². The molecule has 3 aliphatic rings. The van der Waals surface area contributed by atoms with Gasteiger partial charge in [0.15, 0.2) is 0 Å². The maximum atomic E-state index is 13.5. The zero-order chi connectivity index (χ0) is 24.1. The van der Waals surface area contributed by atoms with E-state index in [0.29, 0.717) is 43.7 Å². The van der Waals surface area contributed by atoms with Gasteiger partial charge in [0, 0.05) is 32.1 Å². The lowest BCUT2D eigenvalue weighted by atomic mass is 9.76. The van der Waals surface area contributed by atoms with E-state index >= 15 is 0 Å². The molecule has 0 aromatic heterocycles. The number of carbonyl (C=O) groups excluding carboxylic acids is 3. The molecule has 180 valence electrons. The monoisotopic (exact) mass is 476 g/mol. The molecule has 1 aliphatic carbocycles. The van der Waals surface area contributed by atoms with Crippen LogP contribution in [-0.2, 0) is 19.6 Å². The summed E-state index contributed by atoms with van der Waals surface area (Å²) in [6.07, 6.45) is 1.90. The Hall–Kier alpha value is -2.46. The molecule has 0 atom stereocenters. The van der Waals surface area contributed by atoms with Crippen LogP contribution in [0.1, 0.15) is 47.9 Å². The van der Waals surface area contributed by atoms with E-state index in [2.05, 4.69) is 10.6 Å². The zero-order valence-electron chi connectivity index (χ0n) is 19.7. The number of amides is 4. The molecule has 10 heteroatoms. The van der Waals surface area contributed by atoms with E-state index in [1.54, 1.807) is 4.90 Å². The molecule has 0 bridgehead atoms. The largest absolute Gasteiger partial charge is 0.340 e. The van der Waals surface area contributed by atoms with E-state index in [1.165, 1.54) is 4.31 Å². The van der Waals surface area contributed by atoms with Crippen LogP contribution in [0, 0.1) is 33.6 Å². The first-order chi connectivity index (χ1) is 15.5. The third-order valence-electron chi connectivity index (χ3n) is 7.65. The van der Waals surface area contributed by atoms with Crippen molar-refractivity contribution in [3.05, 3.63) is 28.3 Å². The summed E-state index contributed by atoms with van der Waals surface area (Å²) < 4.78 is 28.4. The van der Waals surface area contributed by atoms with Gasteiger partial charge in [-0.05, 0) is 75.6 Å². The minimum Gasteiger partial charge on any atom is -0.340 e. The van der Waals surface area contributed by atoms with Crippen LogP contribution in [0.4, 0.5) is 4.79 Å². The van der Waals surface area contributed by atoms with E-state index in [-0.39, 0.29) is 30.8 Å². The highest BCUT2D eigenvalue weighted by atomic mass is 32.2. The number of sulfonamides is 1. The predicted octanol–water partition coefficient (Wildman–Crippen LogP) is 1.52. The van der Waals surface area contributed by atoms with Gasteiger partial charge in [-0.1, -0.05) is 6.07 Å². The lowest BCUT2D eigenvalue weighted by Gasteiger charge is -2.39. The summed E-state index contributed by atoms with van der Waals surface area (Å²) >= 11 is 0. The van der Waals surface area contributed by atoms with Crippen LogP contribution in [0.25, 0.3) is 0 Å². The summed E-state index contributed by atoms with van der Waals surface area (Å²) in [5.41, 5.74) is 2.56. The maximum Gasteiger partial charge on any atom is 0.322 e. The second kappa shape index (κ2) is 8.39. The van der Waals surface area contributed by atoms with E-state index in [4.69, 9.17) is 0 Å². The Bertz CT molecular complexity index is 1090. The average molecular weight is 477 g/mol. The van der Waals surface area contributed by atoms with Crippen LogP contribution in [0.2, 0.25) is 0 Å². The average Bonchev–Trinajstić information content (AvgIpc) is 3.04. The van der Waals surface area contributed by atoms with Crippen molar-refractivity contribution in [2.24, 2.45) is 5.92 Å². The van der Waals surface area contributed by atoms with Crippen molar-refractivity contribution in [3.63, 3.8) is 0 Å². The summed E-state index contributed by atoms with van der Waals surface area (Å²) in [6.45, 7) is 8.75. The van der Waals surface area contributed by atoms with Crippen LogP contribution >= 0.6 is 0 Å². The Morgan fingerprint density at radius 1 is 0.970 bits per heavy atom. The highest BCUT2D eigenvalue weighted by Crippen LogP contribution is 2.35. The number of aryl methyl sites for hydroxylation is 2. The van der Waals surface area contributed by atoms with E-state index in [0.717, 1.165) is 22.3 Å². The summed E-state index contributed by atoms with van der Waals surface area (Å²) in [5.74, 6) is -0.521. The van der Waals surface area contributed by atoms with Gasteiger partial charge in [0.1, 0.15) is 5.54 Å². The molecule has 2 saturated heterocycles. The number of urea groups is 1. The SMILES string of the molecule is Cc1cc(C)c(C)c(S(=O)(=O)N2CCN(C(=O)C3CCC4(CC3)NC(=O)NC4=O)CC2)c1C.